The highest BCUT2D eigenvalue weighted by atomic mass is 79.9. The molecule has 0 saturated carbocycles. The molecule has 0 spiro atoms. The molecule has 0 unspecified atom stereocenters. The second kappa shape index (κ2) is 9.24. The van der Waals surface area contributed by atoms with Gasteiger partial charge in [-0.1, -0.05) is 24.3 Å². The van der Waals surface area contributed by atoms with Crippen LogP contribution in [-0.2, 0) is 19.3 Å². The van der Waals surface area contributed by atoms with Gasteiger partial charge in [0.15, 0.2) is 0 Å². The second-order valence-corrected chi connectivity index (χ2v) is 10.1. The topological polar surface area (TPSA) is 64.6 Å². The first-order valence-corrected chi connectivity index (χ1v) is 12.2. The van der Waals surface area contributed by atoms with Crippen molar-refractivity contribution < 1.29 is 27.2 Å². The van der Waals surface area contributed by atoms with E-state index in [1.807, 2.05) is 0 Å². The Morgan fingerprint density at radius 1 is 1.13 bits per heavy atom. The van der Waals surface area contributed by atoms with E-state index in [0.717, 1.165) is 11.3 Å². The SMILES string of the molecule is CCOP(=O)(OCC)C(F)(F)c1sc2cc(NC(=O)c3ccccc3)ccc2c1Br. The smallest absolute Gasteiger partial charge is 0.322 e. The molecule has 1 aromatic heterocycles. The van der Waals surface area contributed by atoms with Crippen molar-refractivity contribution in [2.45, 2.75) is 19.5 Å². The molecule has 0 fully saturated rings. The molecule has 1 N–H and O–H groups in total. The number of anilines is 1. The summed E-state index contributed by atoms with van der Waals surface area (Å²) in [5.41, 5.74) is -2.90. The van der Waals surface area contributed by atoms with Crippen LogP contribution in [0.5, 0.6) is 0 Å². The number of carbonyl (C=O) groups is 1. The molecule has 30 heavy (non-hydrogen) atoms. The number of fused-ring (bicyclic) bond motifs is 1. The molecule has 0 radical (unpaired) electrons. The predicted molar refractivity (Wildman–Crippen MR) is 119 cm³/mol. The van der Waals surface area contributed by atoms with Gasteiger partial charge in [-0.05, 0) is 54.0 Å². The molecule has 0 aliphatic rings. The fourth-order valence-electron chi connectivity index (χ4n) is 2.79. The minimum Gasteiger partial charge on any atom is -0.322 e. The molecule has 0 atom stereocenters. The van der Waals surface area contributed by atoms with Gasteiger partial charge in [0.05, 0.1) is 13.2 Å². The molecule has 10 heteroatoms. The number of nitrogens with one attached hydrogen (secondary N) is 1. The molecule has 0 aliphatic carbocycles. The summed E-state index contributed by atoms with van der Waals surface area (Å²) in [6.45, 7) is 2.60. The van der Waals surface area contributed by atoms with E-state index in [9.17, 15) is 9.36 Å². The van der Waals surface area contributed by atoms with Gasteiger partial charge in [-0.25, -0.2) is 0 Å². The Kier molecular flexibility index (Phi) is 7.09. The number of hydrogen-bond donors (Lipinski definition) is 1. The molecular weight excluding hydrogens is 499 g/mol. The quantitative estimate of drug-likeness (QED) is 0.320. The summed E-state index contributed by atoms with van der Waals surface area (Å²) < 4.78 is 53.5. The number of rotatable bonds is 8. The maximum absolute atomic E-state index is 15.2. The van der Waals surface area contributed by atoms with E-state index in [-0.39, 0.29) is 23.6 Å². The van der Waals surface area contributed by atoms with Crippen molar-refractivity contribution in [1.29, 1.82) is 0 Å². The number of halogens is 3. The van der Waals surface area contributed by atoms with Crippen molar-refractivity contribution in [2.75, 3.05) is 18.5 Å². The van der Waals surface area contributed by atoms with E-state index >= 15 is 8.78 Å². The molecule has 0 aliphatic heterocycles. The van der Waals surface area contributed by atoms with Crippen molar-refractivity contribution in [1.82, 2.24) is 0 Å². The number of hydrogen-bond acceptors (Lipinski definition) is 5. The maximum atomic E-state index is 15.2. The van der Waals surface area contributed by atoms with Crippen LogP contribution in [0.15, 0.2) is 53.0 Å². The molecule has 3 rings (SSSR count). The first-order chi connectivity index (χ1) is 14.2. The monoisotopic (exact) mass is 517 g/mol. The number of benzene rings is 2. The van der Waals surface area contributed by atoms with Crippen LogP contribution >= 0.6 is 34.9 Å². The highest BCUT2D eigenvalue weighted by Crippen LogP contribution is 2.69. The van der Waals surface area contributed by atoms with Gasteiger partial charge in [0, 0.05) is 25.8 Å². The first kappa shape index (κ1) is 23.0. The molecule has 2 aromatic carbocycles. The van der Waals surface area contributed by atoms with Crippen LogP contribution in [0.1, 0.15) is 29.1 Å². The van der Waals surface area contributed by atoms with E-state index < -0.39 is 18.1 Å². The van der Waals surface area contributed by atoms with Gasteiger partial charge in [0.25, 0.3) is 5.91 Å². The zero-order valence-corrected chi connectivity index (χ0v) is 19.5. The van der Waals surface area contributed by atoms with E-state index in [4.69, 9.17) is 9.05 Å². The Morgan fingerprint density at radius 2 is 1.77 bits per heavy atom. The van der Waals surface area contributed by atoms with Crippen LogP contribution < -0.4 is 5.32 Å². The summed E-state index contributed by atoms with van der Waals surface area (Å²) in [6.07, 6.45) is 0. The molecule has 0 saturated heterocycles. The first-order valence-electron chi connectivity index (χ1n) is 9.09. The fraction of sp³-hybridized carbons (Fsp3) is 0.250. The number of amides is 1. The van der Waals surface area contributed by atoms with Crippen LogP contribution in [0.3, 0.4) is 0 Å². The Bertz CT molecular complexity index is 1100. The average molecular weight is 518 g/mol. The molecule has 0 bridgehead atoms. The van der Waals surface area contributed by atoms with Crippen LogP contribution in [0.2, 0.25) is 0 Å². The van der Waals surface area contributed by atoms with E-state index in [0.29, 0.717) is 21.3 Å². The third-order valence-electron chi connectivity index (χ3n) is 4.14. The lowest BCUT2D eigenvalue weighted by atomic mass is 10.2. The molecule has 1 heterocycles. The summed E-state index contributed by atoms with van der Waals surface area (Å²) in [6, 6.07) is 13.5. The molecule has 160 valence electrons. The lowest BCUT2D eigenvalue weighted by Crippen LogP contribution is -2.17. The van der Waals surface area contributed by atoms with Crippen molar-refractivity contribution in [2.24, 2.45) is 0 Å². The highest BCUT2D eigenvalue weighted by Gasteiger charge is 2.57. The minimum absolute atomic E-state index is 0.119. The summed E-state index contributed by atoms with van der Waals surface area (Å²) >= 11 is 3.97. The summed E-state index contributed by atoms with van der Waals surface area (Å²) in [7, 11) is -4.72. The second-order valence-electron chi connectivity index (χ2n) is 6.15. The van der Waals surface area contributed by atoms with E-state index in [1.165, 1.54) is 13.8 Å². The van der Waals surface area contributed by atoms with Crippen LogP contribution in [0.25, 0.3) is 10.1 Å². The number of thiophene rings is 1. The van der Waals surface area contributed by atoms with Crippen molar-refractivity contribution >= 4 is 56.5 Å². The molecule has 3 aromatic rings. The van der Waals surface area contributed by atoms with Gasteiger partial charge in [0.2, 0.25) is 0 Å². The van der Waals surface area contributed by atoms with Gasteiger partial charge in [-0.2, -0.15) is 8.78 Å². The average Bonchev–Trinajstić information content (AvgIpc) is 3.05. The molecular formula is C20H19BrF2NO4PS. The largest absolute Gasteiger partial charge is 0.405 e. The van der Waals surface area contributed by atoms with Gasteiger partial charge in [-0.3, -0.25) is 9.36 Å². The third kappa shape index (κ3) is 4.36. The van der Waals surface area contributed by atoms with E-state index in [1.54, 1.807) is 48.5 Å². The van der Waals surface area contributed by atoms with Gasteiger partial charge in [-0.15, -0.1) is 11.3 Å². The number of carbonyl (C=O) groups excluding carboxylic acids is 1. The predicted octanol–water partition coefficient (Wildman–Crippen LogP) is 7.23. The zero-order chi connectivity index (χ0) is 21.9. The lowest BCUT2D eigenvalue weighted by molar-refractivity contribution is 0.0387. The third-order valence-corrected chi connectivity index (χ3v) is 8.71. The van der Waals surface area contributed by atoms with Crippen LogP contribution in [0.4, 0.5) is 14.5 Å². The maximum Gasteiger partial charge on any atom is 0.405 e. The summed E-state index contributed by atoms with van der Waals surface area (Å²) in [4.78, 5) is 11.9. The van der Waals surface area contributed by atoms with Gasteiger partial charge in [0.1, 0.15) is 4.88 Å². The minimum atomic E-state index is -4.72. The van der Waals surface area contributed by atoms with Crippen LogP contribution in [-0.4, -0.2) is 19.1 Å². The van der Waals surface area contributed by atoms with Crippen LogP contribution in [0, 0.1) is 0 Å². The van der Waals surface area contributed by atoms with Crippen molar-refractivity contribution in [3.05, 3.63) is 63.4 Å². The Morgan fingerprint density at radius 3 is 2.37 bits per heavy atom. The molecule has 5 nitrogen and oxygen atoms in total. The van der Waals surface area contributed by atoms with Gasteiger partial charge >= 0.3 is 13.3 Å². The highest BCUT2D eigenvalue weighted by molar-refractivity contribution is 9.10. The van der Waals surface area contributed by atoms with E-state index in [2.05, 4.69) is 21.2 Å². The van der Waals surface area contributed by atoms with Crippen molar-refractivity contribution in [3.8, 4) is 0 Å². The lowest BCUT2D eigenvalue weighted by Gasteiger charge is -2.25. The Labute approximate surface area is 185 Å². The zero-order valence-electron chi connectivity index (χ0n) is 16.2. The summed E-state index contributed by atoms with van der Waals surface area (Å²) in [5.74, 6) is -0.312. The Balaban J connectivity index is 1.97. The van der Waals surface area contributed by atoms with Gasteiger partial charge < -0.3 is 14.4 Å². The standard InChI is InChI=1S/C20H19BrF2NO4PS/c1-3-27-29(26,28-4-2)20(22,23)18-17(21)15-11-10-14(12-16(15)30-18)24-19(25)13-8-6-5-7-9-13/h5-12H,3-4H2,1-2H3,(H,24,25). The van der Waals surface area contributed by atoms with Crippen molar-refractivity contribution in [3.63, 3.8) is 0 Å². The fourth-order valence-corrected chi connectivity index (χ4v) is 6.83. The molecule has 1 amide bonds. The Hall–Kier alpha value is -1.64. The summed E-state index contributed by atoms with van der Waals surface area (Å²) in [5, 5.41) is 3.26. The normalized spacial score (nSPS) is 12.3. The number of alkyl halides is 2.